The van der Waals surface area contributed by atoms with Crippen molar-refractivity contribution in [3.8, 4) is 17.2 Å². The Morgan fingerprint density at radius 1 is 1.05 bits per heavy atom. The van der Waals surface area contributed by atoms with Gasteiger partial charge < -0.3 is 36.8 Å². The molecule has 22 heavy (non-hydrogen) atoms. The first-order chi connectivity index (χ1) is 10.5. The molecule has 0 fully saturated rings. The Kier molecular flexibility index (Phi) is 4.80. The zero-order valence-electron chi connectivity index (χ0n) is 11.9. The highest BCUT2D eigenvalue weighted by Crippen LogP contribution is 2.39. The Hall–Kier alpha value is -2.80. The molecule has 2 aromatic rings. The van der Waals surface area contributed by atoms with Crippen LogP contribution < -0.4 is 21.5 Å². The number of benzene rings is 2. The van der Waals surface area contributed by atoms with E-state index >= 15 is 0 Å². The minimum Gasteiger partial charge on any atom is -0.508 e. The van der Waals surface area contributed by atoms with Crippen LogP contribution in [0.25, 0.3) is 0 Å². The standard InChI is InChI=1S/C15H19N3O4/c16-10-1-3-12(20)9(7-10)8-18-14-13(21)4-2-11(17)15(14)22-6-5-19/h1-4,7,18-21H,5-6,8,16-17H2. The number of hydrogen-bond donors (Lipinski definition) is 6. The zero-order valence-corrected chi connectivity index (χ0v) is 11.9. The second kappa shape index (κ2) is 6.77. The number of nitrogens with one attached hydrogen (secondary N) is 1. The van der Waals surface area contributed by atoms with Gasteiger partial charge in [-0.15, -0.1) is 0 Å². The fourth-order valence-corrected chi connectivity index (χ4v) is 1.99. The summed E-state index contributed by atoms with van der Waals surface area (Å²) in [6, 6.07) is 7.65. The maximum Gasteiger partial charge on any atom is 0.169 e. The molecule has 7 heteroatoms. The van der Waals surface area contributed by atoms with E-state index in [4.69, 9.17) is 21.3 Å². The summed E-state index contributed by atoms with van der Waals surface area (Å²) in [7, 11) is 0. The van der Waals surface area contributed by atoms with Crippen molar-refractivity contribution in [1.82, 2.24) is 0 Å². The summed E-state index contributed by atoms with van der Waals surface area (Å²) in [5.74, 6) is 0.283. The molecule has 0 spiro atoms. The van der Waals surface area contributed by atoms with E-state index in [9.17, 15) is 10.2 Å². The molecule has 0 bridgehead atoms. The van der Waals surface area contributed by atoms with Crippen LogP contribution in [0.1, 0.15) is 5.56 Å². The lowest BCUT2D eigenvalue weighted by Gasteiger charge is -2.16. The van der Waals surface area contributed by atoms with Gasteiger partial charge in [-0.3, -0.25) is 0 Å². The van der Waals surface area contributed by atoms with Crippen molar-refractivity contribution in [2.45, 2.75) is 6.54 Å². The van der Waals surface area contributed by atoms with Gasteiger partial charge in [-0.25, -0.2) is 0 Å². The normalized spacial score (nSPS) is 10.4. The summed E-state index contributed by atoms with van der Waals surface area (Å²) in [5, 5.41) is 31.6. The molecule has 0 aliphatic rings. The number of aromatic hydroxyl groups is 2. The highest BCUT2D eigenvalue weighted by molar-refractivity contribution is 5.75. The lowest BCUT2D eigenvalue weighted by Crippen LogP contribution is -2.08. The lowest BCUT2D eigenvalue weighted by atomic mass is 10.1. The number of phenols is 2. The molecule has 7 nitrogen and oxygen atoms in total. The molecule has 0 saturated carbocycles. The molecule has 0 radical (unpaired) electrons. The second-order valence-electron chi connectivity index (χ2n) is 4.69. The van der Waals surface area contributed by atoms with Crippen molar-refractivity contribution in [3.63, 3.8) is 0 Å². The number of nitrogens with two attached hydrogens (primary N) is 2. The van der Waals surface area contributed by atoms with Crippen molar-refractivity contribution < 1.29 is 20.1 Å². The summed E-state index contributed by atoms with van der Waals surface area (Å²) >= 11 is 0. The molecule has 0 atom stereocenters. The van der Waals surface area contributed by atoms with Crippen molar-refractivity contribution in [2.75, 3.05) is 30.0 Å². The number of nitrogen functional groups attached to an aromatic ring is 2. The number of aliphatic hydroxyl groups is 1. The molecule has 0 unspecified atom stereocenters. The predicted octanol–water partition coefficient (Wildman–Crippen LogP) is 1.25. The highest BCUT2D eigenvalue weighted by atomic mass is 16.5. The van der Waals surface area contributed by atoms with E-state index in [2.05, 4.69) is 5.32 Å². The van der Waals surface area contributed by atoms with Crippen molar-refractivity contribution >= 4 is 17.1 Å². The molecule has 0 saturated heterocycles. The van der Waals surface area contributed by atoms with Crippen LogP contribution in [0.3, 0.4) is 0 Å². The van der Waals surface area contributed by atoms with E-state index in [0.29, 0.717) is 16.9 Å². The Morgan fingerprint density at radius 2 is 1.77 bits per heavy atom. The number of phenolic OH excluding ortho intramolecular Hbond substituents is 2. The van der Waals surface area contributed by atoms with Gasteiger partial charge in [-0.05, 0) is 30.3 Å². The molecular weight excluding hydrogens is 286 g/mol. The second-order valence-corrected chi connectivity index (χ2v) is 4.69. The van der Waals surface area contributed by atoms with Crippen molar-refractivity contribution in [2.24, 2.45) is 0 Å². The fourth-order valence-electron chi connectivity index (χ4n) is 1.99. The van der Waals surface area contributed by atoms with Gasteiger partial charge in [0, 0.05) is 17.8 Å². The molecule has 0 amide bonds. The van der Waals surface area contributed by atoms with E-state index < -0.39 is 0 Å². The Bertz CT molecular complexity index is 661. The van der Waals surface area contributed by atoms with Crippen LogP contribution >= 0.6 is 0 Å². The summed E-state index contributed by atoms with van der Waals surface area (Å²) in [4.78, 5) is 0. The Morgan fingerprint density at radius 3 is 2.50 bits per heavy atom. The number of aliphatic hydroxyl groups excluding tert-OH is 1. The van der Waals surface area contributed by atoms with Gasteiger partial charge in [0.1, 0.15) is 23.8 Å². The minimum atomic E-state index is -0.176. The number of rotatable bonds is 6. The van der Waals surface area contributed by atoms with Gasteiger partial charge in [0.25, 0.3) is 0 Å². The SMILES string of the molecule is Nc1ccc(O)c(CNc2c(O)ccc(N)c2OCCO)c1. The van der Waals surface area contributed by atoms with Crippen LogP contribution in [-0.2, 0) is 6.54 Å². The third-order valence-electron chi connectivity index (χ3n) is 3.06. The Balaban J connectivity index is 2.25. The quantitative estimate of drug-likeness (QED) is 0.268. The lowest BCUT2D eigenvalue weighted by molar-refractivity contribution is 0.202. The molecule has 0 aromatic heterocycles. The van der Waals surface area contributed by atoms with Gasteiger partial charge >= 0.3 is 0 Å². The predicted molar refractivity (Wildman–Crippen MR) is 84.9 cm³/mol. The van der Waals surface area contributed by atoms with Crippen LogP contribution in [0.2, 0.25) is 0 Å². The van der Waals surface area contributed by atoms with Gasteiger partial charge in [0.2, 0.25) is 0 Å². The average molecular weight is 305 g/mol. The van der Waals surface area contributed by atoms with Gasteiger partial charge in [0.05, 0.1) is 12.3 Å². The average Bonchev–Trinajstić information content (AvgIpc) is 2.50. The maximum atomic E-state index is 9.97. The third kappa shape index (κ3) is 3.44. The first kappa shape index (κ1) is 15.6. The molecule has 118 valence electrons. The monoisotopic (exact) mass is 305 g/mol. The van der Waals surface area contributed by atoms with E-state index in [1.165, 1.54) is 18.2 Å². The first-order valence-corrected chi connectivity index (χ1v) is 6.69. The molecule has 8 N–H and O–H groups in total. The van der Waals surface area contributed by atoms with Crippen LogP contribution in [0, 0.1) is 0 Å². The van der Waals surface area contributed by atoms with E-state index in [-0.39, 0.29) is 42.7 Å². The molecule has 2 aromatic carbocycles. The van der Waals surface area contributed by atoms with Crippen LogP contribution in [-0.4, -0.2) is 28.5 Å². The minimum absolute atomic E-state index is 0.0475. The maximum absolute atomic E-state index is 9.97. The smallest absolute Gasteiger partial charge is 0.169 e. The van der Waals surface area contributed by atoms with Crippen molar-refractivity contribution in [1.29, 1.82) is 0 Å². The highest BCUT2D eigenvalue weighted by Gasteiger charge is 2.14. The van der Waals surface area contributed by atoms with Crippen molar-refractivity contribution in [3.05, 3.63) is 35.9 Å². The molecular formula is C15H19N3O4. The van der Waals surface area contributed by atoms with Crippen LogP contribution in [0.4, 0.5) is 17.1 Å². The Labute approximate surface area is 127 Å². The fraction of sp³-hybridized carbons (Fsp3) is 0.200. The topological polar surface area (TPSA) is 134 Å². The molecule has 0 aliphatic heterocycles. The number of anilines is 3. The third-order valence-corrected chi connectivity index (χ3v) is 3.06. The van der Waals surface area contributed by atoms with E-state index in [1.807, 2.05) is 0 Å². The van der Waals surface area contributed by atoms with Crippen LogP contribution in [0.15, 0.2) is 30.3 Å². The summed E-state index contributed by atoms with van der Waals surface area (Å²) in [6.07, 6.45) is 0. The summed E-state index contributed by atoms with van der Waals surface area (Å²) in [6.45, 7) is 0.0831. The summed E-state index contributed by atoms with van der Waals surface area (Å²) < 4.78 is 5.36. The summed E-state index contributed by atoms with van der Waals surface area (Å²) in [5.41, 5.74) is 13.2. The zero-order chi connectivity index (χ0) is 16.1. The molecule has 2 rings (SSSR count). The van der Waals surface area contributed by atoms with Gasteiger partial charge in [0.15, 0.2) is 5.75 Å². The van der Waals surface area contributed by atoms with Gasteiger partial charge in [-0.1, -0.05) is 0 Å². The van der Waals surface area contributed by atoms with E-state index in [1.54, 1.807) is 12.1 Å². The van der Waals surface area contributed by atoms with Crippen LogP contribution in [0.5, 0.6) is 17.2 Å². The van der Waals surface area contributed by atoms with E-state index in [0.717, 1.165) is 0 Å². The number of ether oxygens (including phenoxy) is 1. The molecule has 0 heterocycles. The largest absolute Gasteiger partial charge is 0.508 e. The molecule has 0 aliphatic carbocycles. The van der Waals surface area contributed by atoms with Gasteiger partial charge in [-0.2, -0.15) is 0 Å². The number of hydrogen-bond acceptors (Lipinski definition) is 7. The first-order valence-electron chi connectivity index (χ1n) is 6.69.